The molecule has 0 fully saturated rings. The van der Waals surface area contributed by atoms with Gasteiger partial charge in [0.25, 0.3) is 6.02 Å². The van der Waals surface area contributed by atoms with Gasteiger partial charge in [0.2, 0.25) is 0 Å². The molecule has 2 rings (SSSR count). The highest BCUT2D eigenvalue weighted by atomic mass is 35.5. The summed E-state index contributed by atoms with van der Waals surface area (Å²) in [5.41, 5.74) is 5.41. The van der Waals surface area contributed by atoms with Crippen LogP contribution < -0.4 is 10.5 Å². The Hall–Kier alpha value is -1.49. The highest BCUT2D eigenvalue weighted by molar-refractivity contribution is 6.30. The third kappa shape index (κ3) is 3.26. The van der Waals surface area contributed by atoms with Crippen molar-refractivity contribution in [3.05, 3.63) is 29.0 Å². The first-order valence-electron chi connectivity index (χ1n) is 5.62. The van der Waals surface area contributed by atoms with Gasteiger partial charge in [-0.3, -0.25) is 0 Å². The van der Waals surface area contributed by atoms with Crippen molar-refractivity contribution in [2.45, 2.75) is 25.5 Å². The molecule has 2 atom stereocenters. The third-order valence-electron chi connectivity index (χ3n) is 2.57. The van der Waals surface area contributed by atoms with Gasteiger partial charge in [-0.2, -0.15) is 0 Å². The maximum atomic E-state index is 13.2. The van der Waals surface area contributed by atoms with Gasteiger partial charge in [0, 0.05) is 12.5 Å². The smallest absolute Gasteiger partial charge is 0.282 e. The Kier molecular flexibility index (Phi) is 3.91. The van der Waals surface area contributed by atoms with E-state index >= 15 is 0 Å². The maximum Gasteiger partial charge on any atom is 0.282 e. The summed E-state index contributed by atoms with van der Waals surface area (Å²) < 4.78 is 23.8. The number of hydrogen-bond acceptors (Lipinski definition) is 4. The molecule has 98 valence electrons. The summed E-state index contributed by atoms with van der Waals surface area (Å²) >= 11 is 5.59. The lowest BCUT2D eigenvalue weighted by molar-refractivity contribution is 0.189. The average Bonchev–Trinajstić information content (AvgIpc) is 2.69. The summed E-state index contributed by atoms with van der Waals surface area (Å²) in [6, 6.07) is 4.57. The zero-order chi connectivity index (χ0) is 13.1. The molecule has 4 nitrogen and oxygen atoms in total. The van der Waals surface area contributed by atoms with E-state index < -0.39 is 5.82 Å². The number of halogens is 2. The highest BCUT2D eigenvalue weighted by Crippen LogP contribution is 2.22. The highest BCUT2D eigenvalue weighted by Gasteiger charge is 2.20. The number of nitrogens with two attached hydrogens (primary N) is 1. The van der Waals surface area contributed by atoms with Crippen LogP contribution in [0.15, 0.2) is 23.2 Å². The molecule has 1 unspecified atom stereocenters. The quantitative estimate of drug-likeness (QED) is 0.915. The SMILES string of the molecule is C[C@@H](CC1COC(N)=N1)Oc1ccc(Cl)c(F)c1. The van der Waals surface area contributed by atoms with Crippen LogP contribution in [0.5, 0.6) is 5.75 Å². The minimum Gasteiger partial charge on any atom is -0.491 e. The van der Waals surface area contributed by atoms with Gasteiger partial charge in [-0.05, 0) is 19.1 Å². The Morgan fingerprint density at radius 1 is 1.67 bits per heavy atom. The molecular weight excluding hydrogens is 259 g/mol. The van der Waals surface area contributed by atoms with Crippen LogP contribution in [0.25, 0.3) is 0 Å². The Morgan fingerprint density at radius 2 is 2.44 bits per heavy atom. The fraction of sp³-hybridized carbons (Fsp3) is 0.417. The molecule has 0 aromatic heterocycles. The summed E-state index contributed by atoms with van der Waals surface area (Å²) in [5, 5.41) is 0.0802. The molecule has 0 radical (unpaired) electrons. The normalized spacial score (nSPS) is 20.2. The molecule has 1 heterocycles. The molecule has 0 bridgehead atoms. The van der Waals surface area contributed by atoms with E-state index in [0.717, 1.165) is 0 Å². The topological polar surface area (TPSA) is 56.8 Å². The van der Waals surface area contributed by atoms with Gasteiger partial charge < -0.3 is 15.2 Å². The Morgan fingerprint density at radius 3 is 3.06 bits per heavy atom. The van der Waals surface area contributed by atoms with Crippen LogP contribution in [0, 0.1) is 5.82 Å². The summed E-state index contributed by atoms with van der Waals surface area (Å²) in [6.45, 7) is 2.35. The van der Waals surface area contributed by atoms with Crippen molar-refractivity contribution in [1.82, 2.24) is 0 Å². The number of nitrogens with zero attached hydrogens (tertiary/aromatic N) is 1. The van der Waals surface area contributed by atoms with Crippen molar-refractivity contribution in [2.75, 3.05) is 6.61 Å². The molecule has 1 aliphatic rings. The zero-order valence-corrected chi connectivity index (χ0v) is 10.7. The Labute approximate surface area is 110 Å². The maximum absolute atomic E-state index is 13.2. The standard InChI is InChI=1S/C12H14ClFN2O2/c1-7(4-8-6-17-12(15)16-8)18-9-2-3-10(13)11(14)5-9/h2-3,5,7-8H,4,6H2,1H3,(H2,15,16)/t7-,8?/m0/s1. The van der Waals surface area contributed by atoms with Crippen molar-refractivity contribution >= 4 is 17.6 Å². The number of hydrogen-bond donors (Lipinski definition) is 1. The monoisotopic (exact) mass is 272 g/mol. The first-order chi connectivity index (χ1) is 8.54. The first-order valence-corrected chi connectivity index (χ1v) is 6.00. The van der Waals surface area contributed by atoms with Gasteiger partial charge >= 0.3 is 0 Å². The number of rotatable bonds is 4. The largest absolute Gasteiger partial charge is 0.491 e. The van der Waals surface area contributed by atoms with Crippen LogP contribution in [0.1, 0.15) is 13.3 Å². The minimum absolute atomic E-state index is 0.00264. The van der Waals surface area contributed by atoms with Gasteiger partial charge in [0.05, 0.1) is 17.2 Å². The molecule has 1 aliphatic heterocycles. The predicted molar refractivity (Wildman–Crippen MR) is 67.5 cm³/mol. The minimum atomic E-state index is -0.493. The average molecular weight is 273 g/mol. The molecule has 1 aromatic carbocycles. The first kappa shape index (κ1) is 13.0. The molecule has 0 saturated carbocycles. The summed E-state index contributed by atoms with van der Waals surface area (Å²) in [6.07, 6.45) is 0.541. The van der Waals surface area contributed by atoms with E-state index in [1.807, 2.05) is 6.92 Å². The predicted octanol–water partition coefficient (Wildman–Crippen LogP) is 2.35. The third-order valence-corrected chi connectivity index (χ3v) is 2.87. The summed E-state index contributed by atoms with van der Waals surface area (Å²) in [5.74, 6) is -0.0481. The fourth-order valence-electron chi connectivity index (χ4n) is 1.77. The number of ether oxygens (including phenoxy) is 2. The van der Waals surface area contributed by atoms with Gasteiger partial charge in [-0.15, -0.1) is 0 Å². The Balaban J connectivity index is 1.90. The van der Waals surface area contributed by atoms with E-state index in [9.17, 15) is 4.39 Å². The lowest BCUT2D eigenvalue weighted by atomic mass is 10.1. The van der Waals surface area contributed by atoms with Crippen LogP contribution in [0.2, 0.25) is 5.02 Å². The molecule has 0 spiro atoms. The molecular formula is C12H14ClFN2O2. The van der Waals surface area contributed by atoms with Crippen molar-refractivity contribution in [3.63, 3.8) is 0 Å². The lowest BCUT2D eigenvalue weighted by Gasteiger charge is -2.16. The van der Waals surface area contributed by atoms with E-state index in [0.29, 0.717) is 18.8 Å². The molecule has 0 saturated heterocycles. The molecule has 2 N–H and O–H groups in total. The number of aliphatic imine (C=N–C) groups is 1. The van der Waals surface area contributed by atoms with Crippen molar-refractivity contribution < 1.29 is 13.9 Å². The molecule has 18 heavy (non-hydrogen) atoms. The summed E-state index contributed by atoms with van der Waals surface area (Å²) in [7, 11) is 0. The zero-order valence-electron chi connectivity index (χ0n) is 9.90. The molecule has 0 aliphatic carbocycles. The van der Waals surface area contributed by atoms with E-state index in [1.54, 1.807) is 6.07 Å². The van der Waals surface area contributed by atoms with Crippen molar-refractivity contribution in [2.24, 2.45) is 10.7 Å². The second-order valence-corrected chi connectivity index (χ2v) is 4.58. The van der Waals surface area contributed by atoms with Gasteiger partial charge in [0.15, 0.2) is 0 Å². The van der Waals surface area contributed by atoms with Crippen LogP contribution in [0.3, 0.4) is 0 Å². The second-order valence-electron chi connectivity index (χ2n) is 4.17. The lowest BCUT2D eigenvalue weighted by Crippen LogP contribution is -2.20. The van der Waals surface area contributed by atoms with Crippen LogP contribution in [-0.4, -0.2) is 24.8 Å². The van der Waals surface area contributed by atoms with Gasteiger partial charge in [-0.1, -0.05) is 11.6 Å². The molecule has 0 amide bonds. The fourth-order valence-corrected chi connectivity index (χ4v) is 1.89. The second kappa shape index (κ2) is 5.44. The van der Waals surface area contributed by atoms with Crippen LogP contribution in [0.4, 0.5) is 4.39 Å². The van der Waals surface area contributed by atoms with E-state index in [4.69, 9.17) is 26.8 Å². The number of amidine groups is 1. The van der Waals surface area contributed by atoms with E-state index in [-0.39, 0.29) is 23.2 Å². The van der Waals surface area contributed by atoms with E-state index in [1.165, 1.54) is 12.1 Å². The van der Waals surface area contributed by atoms with Crippen LogP contribution >= 0.6 is 11.6 Å². The summed E-state index contributed by atoms with van der Waals surface area (Å²) in [4.78, 5) is 4.10. The van der Waals surface area contributed by atoms with Gasteiger partial charge in [0.1, 0.15) is 18.2 Å². The van der Waals surface area contributed by atoms with Crippen molar-refractivity contribution in [1.29, 1.82) is 0 Å². The van der Waals surface area contributed by atoms with Gasteiger partial charge in [-0.25, -0.2) is 9.38 Å². The molecule has 6 heteroatoms. The van der Waals surface area contributed by atoms with Crippen molar-refractivity contribution in [3.8, 4) is 5.75 Å². The molecule has 1 aromatic rings. The van der Waals surface area contributed by atoms with Crippen LogP contribution in [-0.2, 0) is 4.74 Å². The number of benzene rings is 1. The Bertz CT molecular complexity index is 467. The van der Waals surface area contributed by atoms with E-state index in [2.05, 4.69) is 4.99 Å².